The van der Waals surface area contributed by atoms with Crippen molar-refractivity contribution in [2.45, 2.75) is 117 Å². The Morgan fingerprint density at radius 3 is 0.810 bits per heavy atom. The van der Waals surface area contributed by atoms with Gasteiger partial charge >= 0.3 is 0 Å². The van der Waals surface area contributed by atoms with E-state index >= 15 is 0 Å². The Morgan fingerprint density at radius 1 is 0.524 bits per heavy atom. The molecule has 0 unspecified atom stereocenters. The fraction of sp³-hybridized carbons (Fsp3) is 0.947. The fourth-order valence-corrected chi connectivity index (χ4v) is 2.62. The standard InChI is InChI=1S/C18H38.CHNS/c1-3-5-7-9-11-13-15-17-18-16-14-12-10-8-6-4-2;2-1-3/h3-18H2,1-2H3;2H. The smallest absolute Gasteiger partial charge is 0.0554 e. The van der Waals surface area contributed by atoms with E-state index in [9.17, 15) is 0 Å². The van der Waals surface area contributed by atoms with Crippen LogP contribution in [0.4, 0.5) is 0 Å². The van der Waals surface area contributed by atoms with Crippen molar-refractivity contribution >= 4 is 17.4 Å². The first-order valence-corrected chi connectivity index (χ1v) is 9.78. The summed E-state index contributed by atoms with van der Waals surface area (Å²) in [5.41, 5.74) is 0. The van der Waals surface area contributed by atoms with Gasteiger partial charge in [0, 0.05) is 0 Å². The summed E-state index contributed by atoms with van der Waals surface area (Å²) in [7, 11) is 0. The molecule has 2 heteroatoms. The topological polar surface area (TPSA) is 23.9 Å². The SMILES string of the molecule is CCCCCCCCCCCCCCCCCC.N=C=S. The molecule has 0 rings (SSSR count). The molecule has 0 bridgehead atoms. The molecular weight excluding hydrogens is 274 g/mol. The molecule has 0 spiro atoms. The van der Waals surface area contributed by atoms with Crippen LogP contribution in [0.3, 0.4) is 0 Å². The van der Waals surface area contributed by atoms with Gasteiger partial charge in [-0.3, -0.25) is 0 Å². The van der Waals surface area contributed by atoms with Crippen molar-refractivity contribution in [3.05, 3.63) is 0 Å². The average molecular weight is 314 g/mol. The van der Waals surface area contributed by atoms with Crippen molar-refractivity contribution < 1.29 is 0 Å². The second kappa shape index (κ2) is 24.8. The quantitative estimate of drug-likeness (QED) is 0.185. The molecule has 0 heterocycles. The van der Waals surface area contributed by atoms with Crippen molar-refractivity contribution in [3.8, 4) is 0 Å². The number of isothiocyanates is 1. The van der Waals surface area contributed by atoms with Crippen LogP contribution < -0.4 is 0 Å². The summed E-state index contributed by atoms with van der Waals surface area (Å²) in [5, 5.41) is 7.36. The summed E-state index contributed by atoms with van der Waals surface area (Å²) < 4.78 is 0. The van der Waals surface area contributed by atoms with Gasteiger partial charge in [-0.05, 0) is 12.2 Å². The van der Waals surface area contributed by atoms with Crippen LogP contribution in [0.5, 0.6) is 0 Å². The van der Waals surface area contributed by atoms with E-state index in [-0.39, 0.29) is 0 Å². The predicted octanol–water partition coefficient (Wildman–Crippen LogP) is 7.94. The van der Waals surface area contributed by atoms with Crippen molar-refractivity contribution in [2.75, 3.05) is 0 Å². The van der Waals surface area contributed by atoms with Crippen LogP contribution in [0, 0.1) is 5.41 Å². The molecule has 0 aliphatic rings. The van der Waals surface area contributed by atoms with E-state index in [0.29, 0.717) is 0 Å². The van der Waals surface area contributed by atoms with Crippen LogP contribution in [0.15, 0.2) is 0 Å². The van der Waals surface area contributed by atoms with Gasteiger partial charge < -0.3 is 0 Å². The lowest BCUT2D eigenvalue weighted by atomic mass is 10.0. The summed E-state index contributed by atoms with van der Waals surface area (Å²) >= 11 is 3.81. The van der Waals surface area contributed by atoms with Gasteiger partial charge in [0.2, 0.25) is 0 Å². The van der Waals surface area contributed by atoms with Crippen molar-refractivity contribution in [1.29, 1.82) is 5.41 Å². The molecule has 1 nitrogen and oxygen atoms in total. The molecule has 21 heavy (non-hydrogen) atoms. The second-order valence-corrected chi connectivity index (χ2v) is 6.26. The number of unbranched alkanes of at least 4 members (excludes halogenated alkanes) is 15. The van der Waals surface area contributed by atoms with E-state index in [2.05, 4.69) is 26.1 Å². The van der Waals surface area contributed by atoms with Crippen LogP contribution in [0.25, 0.3) is 0 Å². The normalized spacial score (nSPS) is 9.81. The summed E-state index contributed by atoms with van der Waals surface area (Å²) in [6, 6.07) is 0. The molecule has 0 amide bonds. The molecule has 0 saturated carbocycles. The summed E-state index contributed by atoms with van der Waals surface area (Å²) in [6.07, 6.45) is 23.4. The molecule has 0 aliphatic carbocycles. The largest absolute Gasteiger partial charge is 0.248 e. The minimum absolute atomic E-state index is 1.37. The number of rotatable bonds is 15. The molecular formula is C19H39NS. The zero-order valence-electron chi connectivity index (χ0n) is 14.7. The highest BCUT2D eigenvalue weighted by atomic mass is 32.1. The molecule has 126 valence electrons. The molecule has 0 saturated heterocycles. The first-order chi connectivity index (χ1) is 10.3. The minimum atomic E-state index is 1.37. The van der Waals surface area contributed by atoms with Crippen molar-refractivity contribution in [3.63, 3.8) is 0 Å². The average Bonchev–Trinajstić information content (AvgIpc) is 2.48. The Balaban J connectivity index is 0. The van der Waals surface area contributed by atoms with Gasteiger partial charge in [-0.25, -0.2) is 5.41 Å². The third-order valence-corrected chi connectivity index (χ3v) is 3.96. The molecule has 0 aromatic heterocycles. The van der Waals surface area contributed by atoms with E-state index < -0.39 is 0 Å². The van der Waals surface area contributed by atoms with E-state index in [1.54, 1.807) is 5.16 Å². The highest BCUT2D eigenvalue weighted by Crippen LogP contribution is 2.13. The fourth-order valence-electron chi connectivity index (χ4n) is 2.62. The Bertz CT molecular complexity index is 182. The van der Waals surface area contributed by atoms with E-state index in [1.165, 1.54) is 103 Å². The molecule has 0 aromatic rings. The number of hydrogen-bond donors (Lipinski definition) is 1. The van der Waals surface area contributed by atoms with E-state index in [1.807, 2.05) is 0 Å². The molecule has 0 aliphatic heterocycles. The third-order valence-electron chi connectivity index (χ3n) is 3.96. The van der Waals surface area contributed by atoms with Gasteiger partial charge in [0.05, 0.1) is 5.16 Å². The van der Waals surface area contributed by atoms with Gasteiger partial charge in [0.1, 0.15) is 0 Å². The summed E-state index contributed by atoms with van der Waals surface area (Å²) in [4.78, 5) is 0. The van der Waals surface area contributed by atoms with Gasteiger partial charge in [-0.2, -0.15) is 0 Å². The monoisotopic (exact) mass is 313 g/mol. The van der Waals surface area contributed by atoms with E-state index in [0.717, 1.165) is 0 Å². The van der Waals surface area contributed by atoms with Crippen LogP contribution in [-0.2, 0) is 0 Å². The van der Waals surface area contributed by atoms with Crippen LogP contribution in [0.2, 0.25) is 0 Å². The van der Waals surface area contributed by atoms with Crippen molar-refractivity contribution in [1.82, 2.24) is 0 Å². The summed E-state index contributed by atoms with van der Waals surface area (Å²) in [5.74, 6) is 0. The minimum Gasteiger partial charge on any atom is -0.248 e. The highest BCUT2D eigenvalue weighted by Gasteiger charge is 1.93. The molecule has 0 aromatic carbocycles. The number of nitrogens with one attached hydrogen (secondary N) is 1. The van der Waals surface area contributed by atoms with Gasteiger partial charge in [0.15, 0.2) is 0 Å². The Labute approximate surface area is 139 Å². The molecule has 0 atom stereocenters. The first kappa shape index (κ1) is 23.1. The zero-order chi connectivity index (χ0) is 16.0. The van der Waals surface area contributed by atoms with E-state index in [4.69, 9.17) is 5.41 Å². The molecule has 0 radical (unpaired) electrons. The summed E-state index contributed by atoms with van der Waals surface area (Å²) in [6.45, 7) is 4.59. The van der Waals surface area contributed by atoms with Crippen LogP contribution in [0.1, 0.15) is 117 Å². The van der Waals surface area contributed by atoms with Crippen LogP contribution in [-0.4, -0.2) is 5.16 Å². The van der Waals surface area contributed by atoms with Gasteiger partial charge in [0.25, 0.3) is 0 Å². The van der Waals surface area contributed by atoms with Crippen LogP contribution >= 0.6 is 12.2 Å². The maximum Gasteiger partial charge on any atom is 0.0554 e. The Kier molecular flexibility index (Phi) is 27.2. The zero-order valence-corrected chi connectivity index (χ0v) is 15.5. The number of hydrogen-bond acceptors (Lipinski definition) is 2. The lowest BCUT2D eigenvalue weighted by Gasteiger charge is -2.03. The second-order valence-electron chi connectivity index (χ2n) is 6.05. The maximum absolute atomic E-state index is 5.77. The molecule has 1 N–H and O–H groups in total. The number of thiocarbonyl (C=S) groups is 1. The Hall–Kier alpha value is -0.200. The van der Waals surface area contributed by atoms with Gasteiger partial charge in [-0.15, -0.1) is 0 Å². The molecule has 0 fully saturated rings. The lowest BCUT2D eigenvalue weighted by molar-refractivity contribution is 0.531. The third kappa shape index (κ3) is 28.6. The highest BCUT2D eigenvalue weighted by molar-refractivity contribution is 7.78. The van der Waals surface area contributed by atoms with Crippen molar-refractivity contribution in [2.24, 2.45) is 0 Å². The van der Waals surface area contributed by atoms with Gasteiger partial charge in [-0.1, -0.05) is 117 Å². The predicted molar refractivity (Wildman–Crippen MR) is 101 cm³/mol. The lowest BCUT2D eigenvalue weighted by Crippen LogP contribution is -1.83. The Morgan fingerprint density at radius 2 is 0.667 bits per heavy atom. The maximum atomic E-state index is 5.77. The first-order valence-electron chi connectivity index (χ1n) is 9.37.